The minimum Gasteiger partial charge on any atom is -0.493 e. The molecule has 1 aliphatic rings. The van der Waals surface area contributed by atoms with E-state index in [9.17, 15) is 8.42 Å². The summed E-state index contributed by atoms with van der Waals surface area (Å²) in [7, 11) is -0.624. The van der Waals surface area contributed by atoms with Gasteiger partial charge in [-0.15, -0.1) is 0 Å². The lowest BCUT2D eigenvalue weighted by Crippen LogP contribution is -2.49. The Kier molecular flexibility index (Phi) is 6.43. The Labute approximate surface area is 171 Å². The fourth-order valence-electron chi connectivity index (χ4n) is 3.27. The average Bonchev–Trinajstić information content (AvgIpc) is 2.73. The molecule has 0 atom stereocenters. The summed E-state index contributed by atoms with van der Waals surface area (Å²) in [6.07, 6.45) is 0. The van der Waals surface area contributed by atoms with E-state index in [-0.39, 0.29) is 4.90 Å². The van der Waals surface area contributed by atoms with Crippen LogP contribution in [-0.2, 0) is 10.0 Å². The van der Waals surface area contributed by atoms with Crippen molar-refractivity contribution in [1.82, 2.24) is 14.3 Å². The summed E-state index contributed by atoms with van der Waals surface area (Å²) in [6, 6.07) is 6.54. The van der Waals surface area contributed by atoms with Gasteiger partial charge in [-0.3, -0.25) is 0 Å². The van der Waals surface area contributed by atoms with Crippen LogP contribution in [0.15, 0.2) is 29.2 Å². The Morgan fingerprint density at radius 2 is 1.72 bits per heavy atom. The Balaban J connectivity index is 1.75. The van der Waals surface area contributed by atoms with Crippen LogP contribution in [0.1, 0.15) is 12.7 Å². The summed E-state index contributed by atoms with van der Waals surface area (Å²) < 4.78 is 38.1. The zero-order valence-corrected chi connectivity index (χ0v) is 18.0. The zero-order chi connectivity index (χ0) is 21.0. The van der Waals surface area contributed by atoms with Crippen molar-refractivity contribution >= 4 is 21.7 Å². The molecule has 0 spiro atoms. The maximum Gasteiger partial charge on any atom is 0.243 e. The van der Waals surface area contributed by atoms with Crippen molar-refractivity contribution in [2.24, 2.45) is 0 Å². The number of benzene rings is 1. The minimum atomic E-state index is -3.62. The van der Waals surface area contributed by atoms with Gasteiger partial charge in [0.25, 0.3) is 0 Å². The highest BCUT2D eigenvalue weighted by atomic mass is 32.2. The van der Waals surface area contributed by atoms with Gasteiger partial charge >= 0.3 is 0 Å². The third-order valence-electron chi connectivity index (χ3n) is 4.74. The van der Waals surface area contributed by atoms with E-state index in [0.717, 1.165) is 18.2 Å². The molecule has 1 aliphatic heterocycles. The number of nitrogens with zero attached hydrogens (tertiary/aromatic N) is 4. The number of piperazine rings is 1. The number of aromatic nitrogens is 2. The highest BCUT2D eigenvalue weighted by molar-refractivity contribution is 7.89. The first-order valence-electron chi connectivity index (χ1n) is 9.45. The third kappa shape index (κ3) is 4.54. The van der Waals surface area contributed by atoms with Gasteiger partial charge in [0.2, 0.25) is 10.0 Å². The summed E-state index contributed by atoms with van der Waals surface area (Å²) in [5.74, 6) is 3.14. The van der Waals surface area contributed by atoms with Gasteiger partial charge in [0.1, 0.15) is 17.5 Å². The predicted molar refractivity (Wildman–Crippen MR) is 111 cm³/mol. The number of methoxy groups -OCH3 is 2. The van der Waals surface area contributed by atoms with Crippen molar-refractivity contribution in [3.05, 3.63) is 30.1 Å². The molecule has 9 nitrogen and oxygen atoms in total. The molecule has 1 aromatic carbocycles. The molecule has 0 unspecified atom stereocenters. The van der Waals surface area contributed by atoms with Crippen LogP contribution in [0.3, 0.4) is 0 Å². The van der Waals surface area contributed by atoms with Crippen molar-refractivity contribution < 1.29 is 17.9 Å². The standard InChI is InChI=1S/C19H27N5O4S/c1-5-20-18-13-19(22-14(2)21-18)23-8-10-24(11-9-23)29(25,26)15-6-7-16(27-3)17(12-15)28-4/h6-7,12-13H,5,8-11H2,1-4H3,(H,20,21,22). The van der Waals surface area contributed by atoms with Crippen molar-refractivity contribution in [3.63, 3.8) is 0 Å². The summed E-state index contributed by atoms with van der Waals surface area (Å²) in [5, 5.41) is 3.20. The van der Waals surface area contributed by atoms with Gasteiger partial charge in [0.15, 0.2) is 11.5 Å². The molecular weight excluding hydrogens is 394 g/mol. The van der Waals surface area contributed by atoms with Crippen molar-refractivity contribution in [2.45, 2.75) is 18.7 Å². The number of nitrogens with one attached hydrogen (secondary N) is 1. The Hall–Kier alpha value is -2.59. The van der Waals surface area contributed by atoms with E-state index in [1.54, 1.807) is 12.1 Å². The molecule has 0 aliphatic carbocycles. The lowest BCUT2D eigenvalue weighted by Gasteiger charge is -2.34. The van der Waals surface area contributed by atoms with Crippen molar-refractivity contribution in [1.29, 1.82) is 0 Å². The second-order valence-corrected chi connectivity index (χ2v) is 8.53. The normalized spacial score (nSPS) is 15.2. The Morgan fingerprint density at radius 1 is 1.03 bits per heavy atom. The monoisotopic (exact) mass is 421 g/mol. The van der Waals surface area contributed by atoms with E-state index in [0.29, 0.717) is 43.5 Å². The van der Waals surface area contributed by atoms with E-state index in [4.69, 9.17) is 9.47 Å². The van der Waals surface area contributed by atoms with Crippen LogP contribution < -0.4 is 19.7 Å². The van der Waals surface area contributed by atoms with Crippen LogP contribution in [0.2, 0.25) is 0 Å². The van der Waals surface area contributed by atoms with Crippen LogP contribution in [-0.4, -0.2) is 69.6 Å². The van der Waals surface area contributed by atoms with E-state index in [1.807, 2.05) is 19.9 Å². The van der Waals surface area contributed by atoms with Gasteiger partial charge in [-0.1, -0.05) is 0 Å². The molecule has 1 fully saturated rings. The highest BCUT2D eigenvalue weighted by Gasteiger charge is 2.30. The van der Waals surface area contributed by atoms with Gasteiger partial charge in [-0.05, 0) is 26.0 Å². The fourth-order valence-corrected chi connectivity index (χ4v) is 4.71. The summed E-state index contributed by atoms with van der Waals surface area (Å²) in [6.45, 7) is 6.47. The molecule has 0 radical (unpaired) electrons. The first-order valence-corrected chi connectivity index (χ1v) is 10.9. The molecule has 158 valence electrons. The lowest BCUT2D eigenvalue weighted by atomic mass is 10.3. The van der Waals surface area contributed by atoms with Crippen LogP contribution in [0.4, 0.5) is 11.6 Å². The molecule has 2 aromatic rings. The van der Waals surface area contributed by atoms with Crippen LogP contribution in [0.5, 0.6) is 11.5 Å². The number of hydrogen-bond acceptors (Lipinski definition) is 8. The number of anilines is 2. The Morgan fingerprint density at radius 3 is 2.34 bits per heavy atom. The van der Waals surface area contributed by atoms with E-state index >= 15 is 0 Å². The molecule has 3 rings (SSSR count). The summed E-state index contributed by atoms with van der Waals surface area (Å²) >= 11 is 0. The highest BCUT2D eigenvalue weighted by Crippen LogP contribution is 2.31. The van der Waals surface area contributed by atoms with Gasteiger partial charge in [0.05, 0.1) is 19.1 Å². The SMILES string of the molecule is CCNc1cc(N2CCN(S(=O)(=O)c3ccc(OC)c(OC)c3)CC2)nc(C)n1. The minimum absolute atomic E-state index is 0.191. The first-order chi connectivity index (χ1) is 13.9. The molecule has 29 heavy (non-hydrogen) atoms. The maximum atomic E-state index is 13.1. The third-order valence-corrected chi connectivity index (χ3v) is 6.63. The molecule has 1 saturated heterocycles. The van der Waals surface area contributed by atoms with Crippen LogP contribution >= 0.6 is 0 Å². The number of sulfonamides is 1. The molecule has 0 saturated carbocycles. The van der Waals surface area contributed by atoms with E-state index in [1.165, 1.54) is 24.6 Å². The van der Waals surface area contributed by atoms with Crippen molar-refractivity contribution in [2.75, 3.05) is 57.2 Å². The largest absolute Gasteiger partial charge is 0.493 e. The number of hydrogen-bond donors (Lipinski definition) is 1. The Bertz CT molecular complexity index is 959. The number of rotatable bonds is 7. The molecular formula is C19H27N5O4S. The molecule has 1 aromatic heterocycles. The molecule has 1 N–H and O–H groups in total. The zero-order valence-electron chi connectivity index (χ0n) is 17.2. The topological polar surface area (TPSA) is 96.9 Å². The van der Waals surface area contributed by atoms with Gasteiger partial charge in [0, 0.05) is 44.9 Å². The van der Waals surface area contributed by atoms with Gasteiger partial charge < -0.3 is 19.7 Å². The predicted octanol–water partition coefficient (Wildman–Crippen LogP) is 1.74. The summed E-state index contributed by atoms with van der Waals surface area (Å²) in [5.41, 5.74) is 0. The smallest absolute Gasteiger partial charge is 0.243 e. The number of ether oxygens (including phenoxy) is 2. The second-order valence-electron chi connectivity index (χ2n) is 6.60. The average molecular weight is 422 g/mol. The quantitative estimate of drug-likeness (QED) is 0.722. The molecule has 10 heteroatoms. The van der Waals surface area contributed by atoms with Crippen LogP contribution in [0, 0.1) is 6.92 Å². The van der Waals surface area contributed by atoms with Crippen molar-refractivity contribution in [3.8, 4) is 11.5 Å². The van der Waals surface area contributed by atoms with E-state index in [2.05, 4.69) is 20.2 Å². The molecule has 0 amide bonds. The molecule has 2 heterocycles. The van der Waals surface area contributed by atoms with E-state index < -0.39 is 10.0 Å². The maximum absolute atomic E-state index is 13.1. The first kappa shape index (κ1) is 21.1. The fraction of sp³-hybridized carbons (Fsp3) is 0.474. The lowest BCUT2D eigenvalue weighted by molar-refractivity contribution is 0.353. The number of aryl methyl sites for hydroxylation is 1. The summed E-state index contributed by atoms with van der Waals surface area (Å²) in [4.78, 5) is 11.1. The van der Waals surface area contributed by atoms with Crippen LogP contribution in [0.25, 0.3) is 0 Å². The van der Waals surface area contributed by atoms with Gasteiger partial charge in [-0.25, -0.2) is 18.4 Å². The molecule has 0 bridgehead atoms. The van der Waals surface area contributed by atoms with Gasteiger partial charge in [-0.2, -0.15) is 4.31 Å². The second kappa shape index (κ2) is 8.83.